The highest BCUT2D eigenvalue weighted by atomic mass is 35.5. The number of amides is 3. The Morgan fingerprint density at radius 1 is 0.870 bits per heavy atom. The summed E-state index contributed by atoms with van der Waals surface area (Å²) in [5.74, 6) is -0.371. The van der Waals surface area contributed by atoms with Crippen LogP contribution in [0.5, 0.6) is 0 Å². The molecule has 3 amide bonds. The number of aryl methyl sites for hydroxylation is 2. The summed E-state index contributed by atoms with van der Waals surface area (Å²) in [5.41, 5.74) is 3.19. The Labute approximate surface area is 280 Å². The van der Waals surface area contributed by atoms with Crippen molar-refractivity contribution in [3.05, 3.63) is 100 Å². The zero-order chi connectivity index (χ0) is 34.0. The lowest BCUT2D eigenvalue weighted by Gasteiger charge is -2.39. The molecule has 0 aliphatic heterocycles. The van der Waals surface area contributed by atoms with E-state index in [1.807, 2.05) is 80.6 Å². The number of hydrogen-bond acceptors (Lipinski definition) is 4. The van der Waals surface area contributed by atoms with Gasteiger partial charge in [-0.25, -0.2) is 4.79 Å². The quantitative estimate of drug-likeness (QED) is 0.194. The fraction of sp³-hybridized carbons (Fsp3) is 0.447. The maximum absolute atomic E-state index is 14.9. The number of nitrogens with zero attached hydrogens (tertiary/aromatic N) is 1. The van der Waals surface area contributed by atoms with Crippen molar-refractivity contribution in [1.82, 2.24) is 10.2 Å². The molecule has 3 atom stereocenters. The number of alkyl carbamates (subject to hydrolysis) is 1. The first-order valence-corrected chi connectivity index (χ1v) is 16.6. The summed E-state index contributed by atoms with van der Waals surface area (Å²) in [7, 11) is 0. The van der Waals surface area contributed by atoms with E-state index in [2.05, 4.69) is 31.4 Å². The Balaban J connectivity index is 2.17. The molecule has 0 spiro atoms. The highest BCUT2D eigenvalue weighted by molar-refractivity contribution is 6.34. The summed E-state index contributed by atoms with van der Waals surface area (Å²) in [4.78, 5) is 44.2. The van der Waals surface area contributed by atoms with Crippen molar-refractivity contribution in [1.29, 1.82) is 0 Å². The lowest BCUT2D eigenvalue weighted by molar-refractivity contribution is -0.143. The molecular formula is C38H50ClN3O4. The number of anilines is 1. The summed E-state index contributed by atoms with van der Waals surface area (Å²) in [6.45, 7) is 15.5. The molecule has 2 N–H and O–H groups in total. The van der Waals surface area contributed by atoms with E-state index >= 15 is 0 Å². The highest BCUT2D eigenvalue weighted by Crippen LogP contribution is 2.32. The fourth-order valence-corrected chi connectivity index (χ4v) is 5.62. The van der Waals surface area contributed by atoms with E-state index in [1.165, 1.54) is 0 Å². The zero-order valence-electron chi connectivity index (χ0n) is 28.5. The molecule has 0 aliphatic rings. The molecule has 0 radical (unpaired) electrons. The Morgan fingerprint density at radius 3 is 2.09 bits per heavy atom. The van der Waals surface area contributed by atoms with E-state index in [1.54, 1.807) is 31.7 Å². The number of benzene rings is 3. The van der Waals surface area contributed by atoms with Crippen LogP contribution in [0.15, 0.2) is 72.8 Å². The summed E-state index contributed by atoms with van der Waals surface area (Å²) in [5, 5.41) is 6.30. The molecule has 3 aromatic carbocycles. The number of rotatable bonds is 13. The first kappa shape index (κ1) is 36.6. The van der Waals surface area contributed by atoms with Gasteiger partial charge in [-0.1, -0.05) is 99.1 Å². The summed E-state index contributed by atoms with van der Waals surface area (Å²) in [6.07, 6.45) is 1.87. The maximum atomic E-state index is 14.9. The van der Waals surface area contributed by atoms with Gasteiger partial charge in [0.2, 0.25) is 5.91 Å². The second kappa shape index (κ2) is 16.6. The number of nitrogens with one attached hydrogen (secondary N) is 2. The van der Waals surface area contributed by atoms with Crippen molar-refractivity contribution < 1.29 is 19.1 Å². The third-order valence-corrected chi connectivity index (χ3v) is 8.18. The topological polar surface area (TPSA) is 87.7 Å². The van der Waals surface area contributed by atoms with Gasteiger partial charge in [0.15, 0.2) is 0 Å². The first-order chi connectivity index (χ1) is 21.7. The van der Waals surface area contributed by atoms with Crippen LogP contribution in [0.4, 0.5) is 10.5 Å². The molecule has 3 rings (SSSR count). The van der Waals surface area contributed by atoms with Gasteiger partial charge in [0.25, 0.3) is 5.91 Å². The Kier molecular flexibility index (Phi) is 13.2. The maximum Gasteiger partial charge on any atom is 0.408 e. The highest BCUT2D eigenvalue weighted by Gasteiger charge is 2.39. The number of para-hydroxylation sites is 1. The Hall–Kier alpha value is -3.84. The van der Waals surface area contributed by atoms with Gasteiger partial charge < -0.3 is 20.3 Å². The molecule has 0 saturated carbocycles. The van der Waals surface area contributed by atoms with Crippen LogP contribution >= 0.6 is 11.6 Å². The van der Waals surface area contributed by atoms with Crippen molar-refractivity contribution in [2.75, 3.05) is 5.32 Å². The molecule has 8 heteroatoms. The second-order valence-corrected chi connectivity index (χ2v) is 13.8. The fourth-order valence-electron chi connectivity index (χ4n) is 5.35. The molecule has 0 bridgehead atoms. The number of carbonyl (C=O) groups excluding carboxylic acids is 3. The number of halogens is 1. The van der Waals surface area contributed by atoms with E-state index in [0.29, 0.717) is 28.6 Å². The standard InChI is InChI=1S/C38H50ClN3O4/c1-9-28-20-22-30(23-21-28)34(35(43)41-33-26(4)14-13-17-31(33)39)42(27(5)19-18-25(2)3)36(44)32(24-29-15-11-10-12-16-29)40-37(45)46-38(6,7)8/h10-17,20-23,25,27,32,34H,9,18-19,24H2,1-8H3,(H,40,45)(H,41,43). The smallest absolute Gasteiger partial charge is 0.408 e. The summed E-state index contributed by atoms with van der Waals surface area (Å²) < 4.78 is 5.58. The molecule has 0 aliphatic carbocycles. The van der Waals surface area contributed by atoms with Gasteiger partial charge in [-0.3, -0.25) is 9.59 Å². The van der Waals surface area contributed by atoms with Gasteiger partial charge >= 0.3 is 6.09 Å². The van der Waals surface area contributed by atoms with Crippen LogP contribution < -0.4 is 10.6 Å². The van der Waals surface area contributed by atoms with E-state index < -0.39 is 23.8 Å². The normalized spacial score (nSPS) is 13.4. The van der Waals surface area contributed by atoms with E-state index in [-0.39, 0.29) is 24.3 Å². The lowest BCUT2D eigenvalue weighted by Crippen LogP contribution is -2.55. The number of ether oxygens (including phenoxy) is 1. The minimum absolute atomic E-state index is 0.221. The van der Waals surface area contributed by atoms with Crippen LogP contribution in [-0.4, -0.2) is 40.5 Å². The average molecular weight is 648 g/mol. The minimum atomic E-state index is -1.00. The molecule has 0 saturated heterocycles. The molecule has 0 fully saturated rings. The molecule has 0 heterocycles. The first-order valence-electron chi connectivity index (χ1n) is 16.2. The minimum Gasteiger partial charge on any atom is -0.444 e. The SMILES string of the molecule is CCc1ccc(C(C(=O)Nc2c(C)cccc2Cl)N(C(=O)C(Cc2ccccc2)NC(=O)OC(C)(C)C)C(C)CCC(C)C)cc1. The van der Waals surface area contributed by atoms with Crippen molar-refractivity contribution in [2.45, 2.75) is 105 Å². The second-order valence-electron chi connectivity index (χ2n) is 13.4. The van der Waals surface area contributed by atoms with E-state index in [9.17, 15) is 14.4 Å². The van der Waals surface area contributed by atoms with Crippen LogP contribution in [0.3, 0.4) is 0 Å². The molecule has 3 unspecified atom stereocenters. The van der Waals surface area contributed by atoms with Gasteiger partial charge in [-0.05, 0) is 88.1 Å². The van der Waals surface area contributed by atoms with Crippen molar-refractivity contribution in [3.63, 3.8) is 0 Å². The van der Waals surface area contributed by atoms with Crippen LogP contribution in [-0.2, 0) is 27.2 Å². The monoisotopic (exact) mass is 647 g/mol. The van der Waals surface area contributed by atoms with Crippen molar-refractivity contribution in [3.8, 4) is 0 Å². The average Bonchev–Trinajstić information content (AvgIpc) is 2.99. The van der Waals surface area contributed by atoms with Crippen LogP contribution in [0, 0.1) is 12.8 Å². The van der Waals surface area contributed by atoms with Gasteiger partial charge in [0, 0.05) is 12.5 Å². The molecule has 248 valence electrons. The van der Waals surface area contributed by atoms with Crippen LogP contribution in [0.25, 0.3) is 0 Å². The number of hydrogen-bond donors (Lipinski definition) is 2. The third kappa shape index (κ3) is 10.6. The molecule has 3 aromatic rings. The third-order valence-electron chi connectivity index (χ3n) is 7.86. The Bertz CT molecular complexity index is 1430. The van der Waals surface area contributed by atoms with Gasteiger partial charge in [-0.2, -0.15) is 0 Å². The van der Waals surface area contributed by atoms with Crippen molar-refractivity contribution >= 4 is 35.2 Å². The summed E-state index contributed by atoms with van der Waals surface area (Å²) >= 11 is 6.55. The molecule has 7 nitrogen and oxygen atoms in total. The summed E-state index contributed by atoms with van der Waals surface area (Å²) in [6, 6.07) is 20.4. The largest absolute Gasteiger partial charge is 0.444 e. The predicted molar refractivity (Wildman–Crippen MR) is 187 cm³/mol. The van der Waals surface area contributed by atoms with Crippen molar-refractivity contribution in [2.24, 2.45) is 5.92 Å². The zero-order valence-corrected chi connectivity index (χ0v) is 29.3. The van der Waals surface area contributed by atoms with Gasteiger partial charge in [0.05, 0.1) is 10.7 Å². The predicted octanol–water partition coefficient (Wildman–Crippen LogP) is 8.68. The van der Waals surface area contributed by atoms with Crippen LogP contribution in [0.2, 0.25) is 5.02 Å². The van der Waals surface area contributed by atoms with Crippen LogP contribution in [0.1, 0.15) is 89.6 Å². The number of carbonyl (C=O) groups is 3. The molecule has 0 aromatic heterocycles. The Morgan fingerprint density at radius 2 is 1.52 bits per heavy atom. The lowest BCUT2D eigenvalue weighted by atomic mass is 9.95. The molecular weight excluding hydrogens is 598 g/mol. The molecule has 46 heavy (non-hydrogen) atoms. The van der Waals surface area contributed by atoms with Gasteiger partial charge in [0.1, 0.15) is 17.7 Å². The van der Waals surface area contributed by atoms with E-state index in [4.69, 9.17) is 16.3 Å². The van der Waals surface area contributed by atoms with Gasteiger partial charge in [-0.15, -0.1) is 0 Å². The van der Waals surface area contributed by atoms with E-state index in [0.717, 1.165) is 29.5 Å².